The number of quaternary nitrogens is 1. The van der Waals surface area contributed by atoms with Gasteiger partial charge in [-0.05, 0) is 77.0 Å². The molecule has 1 N–H and O–H groups in total. The summed E-state index contributed by atoms with van der Waals surface area (Å²) in [6, 6.07) is -0.624. The predicted octanol–water partition coefficient (Wildman–Crippen LogP) is 15.3. The van der Waals surface area contributed by atoms with Gasteiger partial charge in [0.15, 0.2) is 12.1 Å². The third-order valence-electron chi connectivity index (χ3n) is 11.3. The summed E-state index contributed by atoms with van der Waals surface area (Å²) in [7, 11) is 5.52. The van der Waals surface area contributed by atoms with E-state index in [1.165, 1.54) is 83.5 Å². The molecule has 0 radical (unpaired) electrons. The Bertz CT molecular complexity index is 1330. The maximum absolute atomic E-state index is 12.8. The molecule has 0 rings (SSSR count). The molecule has 0 saturated carbocycles. The van der Waals surface area contributed by atoms with E-state index in [0.717, 1.165) is 89.9 Å². The first-order chi connectivity index (χ1) is 31.6. The number of hydrogen-bond donors (Lipinski definition) is 1. The molecular weight excluding hydrogens is 811 g/mol. The minimum Gasteiger partial charge on any atom is -0.477 e. The number of carbonyl (C=O) groups excluding carboxylic acids is 2. The molecule has 0 aliphatic heterocycles. The second-order valence-corrected chi connectivity index (χ2v) is 18.5. The van der Waals surface area contributed by atoms with E-state index in [4.69, 9.17) is 14.2 Å². The maximum Gasteiger partial charge on any atom is 0.362 e. The molecular formula is C57H98NO7+. The van der Waals surface area contributed by atoms with Crippen LogP contribution < -0.4 is 0 Å². The van der Waals surface area contributed by atoms with Gasteiger partial charge in [-0.15, -0.1) is 0 Å². The third kappa shape index (κ3) is 45.5. The van der Waals surface area contributed by atoms with Crippen molar-refractivity contribution in [3.63, 3.8) is 0 Å². The molecule has 0 heterocycles. The fourth-order valence-electron chi connectivity index (χ4n) is 7.32. The molecule has 0 aromatic carbocycles. The van der Waals surface area contributed by atoms with Crippen molar-refractivity contribution < 1.29 is 38.2 Å². The summed E-state index contributed by atoms with van der Waals surface area (Å²) in [6.45, 7) is 4.59. The van der Waals surface area contributed by atoms with E-state index in [1.807, 2.05) is 21.1 Å². The number of esters is 2. The Kier molecular flexibility index (Phi) is 44.5. The first-order valence-corrected chi connectivity index (χ1v) is 26.2. The number of unbranched alkanes of at least 4 members (excludes halogenated alkanes) is 20. The van der Waals surface area contributed by atoms with Crippen molar-refractivity contribution in [3.8, 4) is 0 Å². The zero-order valence-corrected chi connectivity index (χ0v) is 42.4. The highest BCUT2D eigenvalue weighted by Crippen LogP contribution is 2.15. The number of ether oxygens (including phenoxy) is 3. The Morgan fingerprint density at radius 2 is 0.923 bits per heavy atom. The fraction of sp³-hybridized carbons (Fsp3) is 0.702. The zero-order valence-electron chi connectivity index (χ0n) is 42.4. The Labute approximate surface area is 399 Å². The molecule has 0 saturated heterocycles. The van der Waals surface area contributed by atoms with Crippen LogP contribution in [0.1, 0.15) is 206 Å². The third-order valence-corrected chi connectivity index (χ3v) is 11.3. The van der Waals surface area contributed by atoms with E-state index in [9.17, 15) is 19.5 Å². The normalized spacial score (nSPS) is 13.6. The van der Waals surface area contributed by atoms with Gasteiger partial charge >= 0.3 is 17.9 Å². The summed E-state index contributed by atoms with van der Waals surface area (Å²) in [6.07, 6.45) is 62.0. The van der Waals surface area contributed by atoms with Crippen molar-refractivity contribution in [3.05, 3.63) is 85.1 Å². The molecule has 8 nitrogen and oxygen atoms in total. The van der Waals surface area contributed by atoms with Gasteiger partial charge in [0.05, 0.1) is 34.4 Å². The number of aliphatic carboxylic acids is 1. The van der Waals surface area contributed by atoms with Crippen LogP contribution in [0, 0.1) is 0 Å². The minimum absolute atomic E-state index is 0.0475. The maximum atomic E-state index is 12.8. The number of likely N-dealkylation sites (N-methyl/N-ethyl adjacent to an activating group) is 1. The Balaban J connectivity index is 4.28. The molecule has 0 aliphatic carbocycles. The first kappa shape index (κ1) is 61.5. The number of rotatable bonds is 46. The van der Waals surface area contributed by atoms with Crippen molar-refractivity contribution in [2.45, 2.75) is 219 Å². The minimum atomic E-state index is -0.881. The van der Waals surface area contributed by atoms with E-state index >= 15 is 0 Å². The molecule has 0 spiro atoms. The molecule has 0 amide bonds. The van der Waals surface area contributed by atoms with E-state index in [0.29, 0.717) is 19.3 Å². The van der Waals surface area contributed by atoms with E-state index in [-0.39, 0.29) is 36.2 Å². The average molecular weight is 909 g/mol. The quantitative estimate of drug-likeness (QED) is 0.0213. The van der Waals surface area contributed by atoms with Crippen LogP contribution in [0.2, 0.25) is 0 Å². The Morgan fingerprint density at radius 1 is 0.492 bits per heavy atom. The van der Waals surface area contributed by atoms with Gasteiger partial charge in [-0.3, -0.25) is 9.59 Å². The standard InChI is InChI=1S/C57H97NO7/c1-6-8-10-12-14-16-18-20-22-24-26-27-28-29-30-32-33-35-37-39-41-43-45-47-55(59)64-52-53(51-63-50-49-54(57(61)62)58(3,4)5)65-56(60)48-46-44-42-40-38-36-34-31-25-23-21-19-17-15-13-11-9-7-2/h8,10,14,16,19-23,25-27,31,34,53-54H,6-7,9,11-13,15,17-18,24,28-30,32-33,35-52H2,1-5H3/p+1/b10-8+,16-14+,21-19+,22-20+,25-23+,27-26+,34-31+. The van der Waals surface area contributed by atoms with E-state index in [2.05, 4.69) is 98.9 Å². The largest absolute Gasteiger partial charge is 0.477 e. The van der Waals surface area contributed by atoms with Crippen molar-refractivity contribution in [1.82, 2.24) is 0 Å². The Hall–Kier alpha value is -3.49. The van der Waals surface area contributed by atoms with Crippen LogP contribution in [0.25, 0.3) is 0 Å². The van der Waals surface area contributed by atoms with Crippen LogP contribution in [0.15, 0.2) is 85.1 Å². The highest BCUT2D eigenvalue weighted by molar-refractivity contribution is 5.72. The highest BCUT2D eigenvalue weighted by Gasteiger charge is 2.31. The van der Waals surface area contributed by atoms with Gasteiger partial charge in [-0.25, -0.2) is 4.79 Å². The lowest BCUT2D eigenvalue weighted by Crippen LogP contribution is -2.50. The molecule has 0 aromatic heterocycles. The summed E-state index contributed by atoms with van der Waals surface area (Å²) >= 11 is 0. The summed E-state index contributed by atoms with van der Waals surface area (Å²) in [5.74, 6) is -1.50. The lowest BCUT2D eigenvalue weighted by atomic mass is 10.1. The number of carboxylic acids is 1. The summed E-state index contributed by atoms with van der Waals surface area (Å²) in [5.41, 5.74) is 0. The van der Waals surface area contributed by atoms with Crippen molar-refractivity contribution >= 4 is 17.9 Å². The lowest BCUT2D eigenvalue weighted by Gasteiger charge is -2.31. The molecule has 0 bridgehead atoms. The van der Waals surface area contributed by atoms with Gasteiger partial charge in [0.1, 0.15) is 6.61 Å². The SMILES string of the molecule is CC/C=C/C/C=C/C/C=C/C/C=C/CCCCCCCCCCCCC(=O)OCC(COCCC(C(=O)O)[N+](C)(C)C)OC(=O)CCCCCCC/C=C/C=C/C=C/CCCCCCC. The first-order valence-electron chi connectivity index (χ1n) is 26.2. The smallest absolute Gasteiger partial charge is 0.362 e. The van der Waals surface area contributed by atoms with Crippen LogP contribution in [-0.4, -0.2) is 80.6 Å². The van der Waals surface area contributed by atoms with Crippen LogP contribution >= 0.6 is 0 Å². The molecule has 0 fully saturated rings. The predicted molar refractivity (Wildman–Crippen MR) is 275 cm³/mol. The van der Waals surface area contributed by atoms with Gasteiger partial charge < -0.3 is 23.8 Å². The molecule has 2 unspecified atom stereocenters. The fourth-order valence-corrected chi connectivity index (χ4v) is 7.32. The van der Waals surface area contributed by atoms with Gasteiger partial charge in [0.25, 0.3) is 0 Å². The van der Waals surface area contributed by atoms with Gasteiger partial charge in [0.2, 0.25) is 0 Å². The summed E-state index contributed by atoms with van der Waals surface area (Å²) < 4.78 is 17.3. The van der Waals surface area contributed by atoms with E-state index in [1.54, 1.807) is 0 Å². The number of allylic oxidation sites excluding steroid dienone is 14. The average Bonchev–Trinajstić information content (AvgIpc) is 3.27. The molecule has 65 heavy (non-hydrogen) atoms. The molecule has 372 valence electrons. The number of carboxylic acid groups (broad SMARTS) is 1. The Morgan fingerprint density at radius 3 is 1.40 bits per heavy atom. The second-order valence-electron chi connectivity index (χ2n) is 18.5. The lowest BCUT2D eigenvalue weighted by molar-refractivity contribution is -0.887. The topological polar surface area (TPSA) is 99.1 Å². The summed E-state index contributed by atoms with van der Waals surface area (Å²) in [5, 5.41) is 9.66. The molecule has 2 atom stereocenters. The molecule has 0 aliphatic rings. The van der Waals surface area contributed by atoms with Crippen LogP contribution in [0.4, 0.5) is 0 Å². The molecule has 8 heteroatoms. The number of hydrogen-bond acceptors (Lipinski definition) is 6. The monoisotopic (exact) mass is 909 g/mol. The second kappa shape index (κ2) is 47.0. The van der Waals surface area contributed by atoms with Crippen LogP contribution in [0.5, 0.6) is 0 Å². The van der Waals surface area contributed by atoms with Crippen molar-refractivity contribution in [2.75, 3.05) is 41.0 Å². The number of nitrogens with zero attached hydrogens (tertiary/aromatic N) is 1. The summed E-state index contributed by atoms with van der Waals surface area (Å²) in [4.78, 5) is 37.2. The molecule has 0 aromatic rings. The van der Waals surface area contributed by atoms with Gasteiger partial charge in [-0.1, -0.05) is 195 Å². The number of carbonyl (C=O) groups is 3. The zero-order chi connectivity index (χ0) is 47.7. The highest BCUT2D eigenvalue weighted by atomic mass is 16.6. The van der Waals surface area contributed by atoms with Crippen molar-refractivity contribution in [1.29, 1.82) is 0 Å². The van der Waals surface area contributed by atoms with Gasteiger partial charge in [-0.2, -0.15) is 0 Å². The van der Waals surface area contributed by atoms with Gasteiger partial charge in [0, 0.05) is 19.3 Å². The van der Waals surface area contributed by atoms with Crippen LogP contribution in [0.3, 0.4) is 0 Å². The van der Waals surface area contributed by atoms with E-state index < -0.39 is 18.1 Å². The van der Waals surface area contributed by atoms with Crippen molar-refractivity contribution in [2.24, 2.45) is 0 Å². The van der Waals surface area contributed by atoms with Crippen LogP contribution in [-0.2, 0) is 28.6 Å².